The predicted octanol–water partition coefficient (Wildman–Crippen LogP) is 6.78. The maximum atomic E-state index is 13.5. The molecule has 4 atom stereocenters. The van der Waals surface area contributed by atoms with Crippen molar-refractivity contribution in [2.75, 3.05) is 18.1 Å². The number of halogens is 4. The fraction of sp³-hybridized carbons (Fsp3) is 0.440. The van der Waals surface area contributed by atoms with Gasteiger partial charge in [-0.2, -0.15) is 5.10 Å². The Hall–Kier alpha value is -1.50. The summed E-state index contributed by atoms with van der Waals surface area (Å²) in [4.78, 5) is 13.5. The van der Waals surface area contributed by atoms with Crippen molar-refractivity contribution >= 4 is 64.5 Å². The van der Waals surface area contributed by atoms with Crippen LogP contribution in [0.2, 0.25) is 15.1 Å². The van der Waals surface area contributed by atoms with Crippen molar-refractivity contribution in [2.45, 2.75) is 38.6 Å². The number of nitrogens with zero attached hydrogens (tertiary/aromatic N) is 3. The predicted molar refractivity (Wildman–Crippen MR) is 142 cm³/mol. The van der Waals surface area contributed by atoms with Crippen LogP contribution in [0.4, 0.5) is 5.69 Å². The Morgan fingerprint density at radius 1 is 1.03 bits per heavy atom. The van der Waals surface area contributed by atoms with Crippen LogP contribution in [0.3, 0.4) is 0 Å². The number of hydrazone groups is 1. The Balaban J connectivity index is 0.00000274. The zero-order valence-electron chi connectivity index (χ0n) is 18.9. The van der Waals surface area contributed by atoms with Crippen LogP contribution in [0.25, 0.3) is 0 Å². The Labute approximate surface area is 221 Å². The first-order valence-electron chi connectivity index (χ1n) is 11.6. The Bertz CT molecular complexity index is 1070. The van der Waals surface area contributed by atoms with Gasteiger partial charge in [0, 0.05) is 29.1 Å². The highest BCUT2D eigenvalue weighted by molar-refractivity contribution is 6.41. The second-order valence-electron chi connectivity index (χ2n) is 9.23. The van der Waals surface area contributed by atoms with Crippen molar-refractivity contribution in [3.63, 3.8) is 0 Å². The van der Waals surface area contributed by atoms with E-state index in [2.05, 4.69) is 17.4 Å². The number of carbonyl (C=O) groups excluding carboxylic acids is 1. The summed E-state index contributed by atoms with van der Waals surface area (Å²) >= 11 is 18.9. The summed E-state index contributed by atoms with van der Waals surface area (Å²) < 4.78 is 0. The minimum atomic E-state index is -0.176. The number of benzene rings is 2. The summed E-state index contributed by atoms with van der Waals surface area (Å²) in [5.74, 6) is 1.17. The highest BCUT2D eigenvalue weighted by atomic mass is 35.5. The van der Waals surface area contributed by atoms with Crippen molar-refractivity contribution in [1.82, 2.24) is 10.4 Å². The number of rotatable bonds is 5. The smallest absolute Gasteiger partial charge is 0.282 e. The van der Waals surface area contributed by atoms with Crippen LogP contribution < -0.4 is 10.4 Å². The molecule has 2 aromatic rings. The van der Waals surface area contributed by atoms with Crippen molar-refractivity contribution in [1.29, 1.82) is 0 Å². The maximum Gasteiger partial charge on any atom is 0.282 e. The summed E-state index contributed by atoms with van der Waals surface area (Å²) in [6, 6.07) is 12.9. The lowest BCUT2D eigenvalue weighted by Crippen LogP contribution is -2.45. The van der Waals surface area contributed by atoms with Crippen LogP contribution in [0.5, 0.6) is 0 Å². The SMILES string of the molecule is CC[C@@H]1C(C(=O)NN2CC3CCCC3C2)=NN(c2ccc(Cl)cc2Cl)[C@H]1c1ccc(Cl)cc1.Cl. The van der Waals surface area contributed by atoms with E-state index >= 15 is 0 Å². The maximum absolute atomic E-state index is 13.5. The van der Waals surface area contributed by atoms with E-state index in [4.69, 9.17) is 39.9 Å². The van der Waals surface area contributed by atoms with Crippen LogP contribution in [0.15, 0.2) is 47.6 Å². The second kappa shape index (κ2) is 10.6. The van der Waals surface area contributed by atoms with E-state index in [0.29, 0.717) is 32.6 Å². The lowest BCUT2D eigenvalue weighted by atomic mass is 9.87. The second-order valence-corrected chi connectivity index (χ2v) is 10.5. The molecule has 5 rings (SSSR count). The highest BCUT2D eigenvalue weighted by Gasteiger charge is 2.43. The van der Waals surface area contributed by atoms with Crippen LogP contribution >= 0.6 is 47.2 Å². The molecule has 2 unspecified atom stereocenters. The van der Waals surface area contributed by atoms with Gasteiger partial charge in [0.05, 0.1) is 16.8 Å². The summed E-state index contributed by atoms with van der Waals surface area (Å²) in [5.41, 5.74) is 5.43. The van der Waals surface area contributed by atoms with Gasteiger partial charge >= 0.3 is 0 Å². The van der Waals surface area contributed by atoms with Crippen molar-refractivity contribution in [3.05, 3.63) is 63.1 Å². The molecule has 1 saturated carbocycles. The Kier molecular flexibility index (Phi) is 8.00. The number of carbonyl (C=O) groups is 1. The molecule has 0 radical (unpaired) electrons. The van der Waals surface area contributed by atoms with Gasteiger partial charge in [-0.1, -0.05) is 60.3 Å². The zero-order chi connectivity index (χ0) is 23.1. The molecule has 0 aromatic heterocycles. The topological polar surface area (TPSA) is 47.9 Å². The van der Waals surface area contributed by atoms with Gasteiger partial charge in [0.15, 0.2) is 0 Å². The summed E-state index contributed by atoms with van der Waals surface area (Å²) in [7, 11) is 0. The first-order chi connectivity index (χ1) is 15.9. The van der Waals surface area contributed by atoms with Gasteiger partial charge < -0.3 is 0 Å². The van der Waals surface area contributed by atoms with E-state index < -0.39 is 0 Å². The number of anilines is 1. The van der Waals surface area contributed by atoms with E-state index in [9.17, 15) is 4.79 Å². The lowest BCUT2D eigenvalue weighted by Gasteiger charge is -2.29. The number of nitrogens with one attached hydrogen (secondary N) is 1. The molecule has 0 spiro atoms. The van der Waals surface area contributed by atoms with Crippen LogP contribution in [0, 0.1) is 17.8 Å². The summed E-state index contributed by atoms with van der Waals surface area (Å²) in [5, 5.41) is 10.5. The van der Waals surface area contributed by atoms with Gasteiger partial charge in [-0.3, -0.25) is 15.2 Å². The third-order valence-electron chi connectivity index (χ3n) is 7.24. The summed E-state index contributed by atoms with van der Waals surface area (Å²) in [6.07, 6.45) is 4.59. The standard InChI is InChI=1S/C25H27Cl3N4O.ClH/c1-2-20-23(25(33)30-31-13-16-4-3-5-17(16)14-31)29-32(22-11-10-19(27)12-21(22)28)24(20)15-6-8-18(26)9-7-15;/h6-12,16-17,20,24H,2-5,13-14H2,1H3,(H,30,33);1H/t16?,17?,20-,24+;/m1./s1. The molecule has 2 aliphatic heterocycles. The first-order valence-corrected chi connectivity index (χ1v) is 12.7. The number of amides is 1. The molecule has 1 amide bonds. The molecule has 3 aliphatic rings. The number of hydrogen-bond acceptors (Lipinski definition) is 4. The number of hydrazine groups is 1. The molecule has 34 heavy (non-hydrogen) atoms. The monoisotopic (exact) mass is 540 g/mol. The van der Waals surface area contributed by atoms with Crippen LogP contribution in [-0.2, 0) is 4.79 Å². The van der Waals surface area contributed by atoms with E-state index in [1.165, 1.54) is 19.3 Å². The van der Waals surface area contributed by atoms with Crippen LogP contribution in [-0.4, -0.2) is 29.7 Å². The molecule has 2 heterocycles. The van der Waals surface area contributed by atoms with Gasteiger partial charge in [0.2, 0.25) is 0 Å². The minimum Gasteiger partial charge on any atom is -0.284 e. The molecule has 2 aromatic carbocycles. The lowest BCUT2D eigenvalue weighted by molar-refractivity contribution is -0.119. The first kappa shape index (κ1) is 25.6. The fourth-order valence-electron chi connectivity index (χ4n) is 5.63. The molecular weight excluding hydrogens is 514 g/mol. The van der Waals surface area contributed by atoms with Gasteiger partial charge in [-0.05, 0) is 67.0 Å². The zero-order valence-corrected chi connectivity index (χ0v) is 22.0. The quantitative estimate of drug-likeness (QED) is 0.454. The molecule has 2 fully saturated rings. The molecular formula is C25H28Cl4N4O. The average Bonchev–Trinajstić information content (AvgIpc) is 3.47. The van der Waals surface area contributed by atoms with Crippen molar-refractivity contribution < 1.29 is 4.79 Å². The molecule has 5 nitrogen and oxygen atoms in total. The molecule has 182 valence electrons. The van der Waals surface area contributed by atoms with E-state index in [1.54, 1.807) is 12.1 Å². The van der Waals surface area contributed by atoms with E-state index in [0.717, 1.165) is 30.8 Å². The third-order valence-corrected chi connectivity index (χ3v) is 8.03. The van der Waals surface area contributed by atoms with Gasteiger partial charge in [0.1, 0.15) is 5.71 Å². The van der Waals surface area contributed by atoms with E-state index in [-0.39, 0.29) is 30.3 Å². The van der Waals surface area contributed by atoms with Gasteiger partial charge in [-0.15, -0.1) is 12.4 Å². The minimum absolute atomic E-state index is 0. The van der Waals surface area contributed by atoms with Crippen molar-refractivity contribution in [3.8, 4) is 0 Å². The Morgan fingerprint density at radius 3 is 2.29 bits per heavy atom. The largest absolute Gasteiger partial charge is 0.284 e. The van der Waals surface area contributed by atoms with Gasteiger partial charge in [-0.25, -0.2) is 5.01 Å². The van der Waals surface area contributed by atoms with Gasteiger partial charge in [0.25, 0.3) is 5.91 Å². The molecule has 1 N–H and O–H groups in total. The molecule has 9 heteroatoms. The molecule has 1 saturated heterocycles. The Morgan fingerprint density at radius 2 is 1.68 bits per heavy atom. The number of fused-ring (bicyclic) bond motifs is 1. The van der Waals surface area contributed by atoms with Crippen molar-refractivity contribution in [2.24, 2.45) is 22.9 Å². The molecule has 1 aliphatic carbocycles. The fourth-order valence-corrected chi connectivity index (χ4v) is 6.26. The van der Waals surface area contributed by atoms with Crippen LogP contribution in [0.1, 0.15) is 44.2 Å². The molecule has 0 bridgehead atoms. The normalized spacial score (nSPS) is 26.2. The highest BCUT2D eigenvalue weighted by Crippen LogP contribution is 2.44. The third kappa shape index (κ3) is 4.91. The average molecular weight is 542 g/mol. The van der Waals surface area contributed by atoms with E-state index in [1.807, 2.05) is 35.3 Å². The number of hydrogen-bond donors (Lipinski definition) is 1. The summed E-state index contributed by atoms with van der Waals surface area (Å²) in [6.45, 7) is 3.94.